The van der Waals surface area contributed by atoms with Gasteiger partial charge < -0.3 is 4.57 Å². The zero-order chi connectivity index (χ0) is 23.7. The van der Waals surface area contributed by atoms with Crippen molar-refractivity contribution in [3.05, 3.63) is 133 Å². The zero-order valence-electron chi connectivity index (χ0n) is 18.1. The molecule has 0 unspecified atom stereocenters. The van der Waals surface area contributed by atoms with Crippen LogP contribution in [0.15, 0.2) is 94.8 Å². The number of aromatic nitrogens is 4. The Kier molecular flexibility index (Phi) is 6.09. The van der Waals surface area contributed by atoms with Gasteiger partial charge in [-0.1, -0.05) is 89.9 Å². The summed E-state index contributed by atoms with van der Waals surface area (Å²) in [5.74, 6) is 0. The third kappa shape index (κ3) is 4.18. The fourth-order valence-corrected chi connectivity index (χ4v) is 4.55. The van der Waals surface area contributed by atoms with Crippen LogP contribution in [0.1, 0.15) is 16.7 Å². The van der Waals surface area contributed by atoms with Gasteiger partial charge in [-0.2, -0.15) is 0 Å². The predicted octanol–water partition coefficient (Wildman–Crippen LogP) is 4.81. The van der Waals surface area contributed by atoms with Gasteiger partial charge in [0, 0.05) is 22.2 Å². The van der Waals surface area contributed by atoms with E-state index in [0.29, 0.717) is 33.3 Å². The van der Waals surface area contributed by atoms with Crippen molar-refractivity contribution >= 4 is 34.4 Å². The highest BCUT2D eigenvalue weighted by molar-refractivity contribution is 6.35. The van der Waals surface area contributed by atoms with E-state index in [1.807, 2.05) is 60.7 Å². The lowest BCUT2D eigenvalue weighted by atomic mass is 10.2. The van der Waals surface area contributed by atoms with Gasteiger partial charge in [0.15, 0.2) is 11.2 Å². The highest BCUT2D eigenvalue weighted by Gasteiger charge is 2.20. The van der Waals surface area contributed by atoms with E-state index < -0.39 is 11.2 Å². The maximum atomic E-state index is 13.7. The maximum absolute atomic E-state index is 13.7. The van der Waals surface area contributed by atoms with E-state index in [2.05, 4.69) is 4.98 Å². The van der Waals surface area contributed by atoms with E-state index in [4.69, 9.17) is 23.2 Å². The molecule has 3 aromatic carbocycles. The second kappa shape index (κ2) is 9.33. The smallest absolute Gasteiger partial charge is 0.320 e. The second-order valence-corrected chi connectivity index (χ2v) is 8.79. The lowest BCUT2D eigenvalue weighted by Crippen LogP contribution is -2.41. The molecule has 0 saturated heterocycles. The number of nitrogens with zero attached hydrogens (tertiary/aromatic N) is 4. The van der Waals surface area contributed by atoms with E-state index in [1.165, 1.54) is 9.13 Å². The van der Waals surface area contributed by atoms with E-state index in [0.717, 1.165) is 11.1 Å². The number of hydrogen-bond donors (Lipinski definition) is 0. The minimum absolute atomic E-state index is 0.0442. The Morgan fingerprint density at radius 1 is 0.676 bits per heavy atom. The Balaban J connectivity index is 1.72. The van der Waals surface area contributed by atoms with Crippen molar-refractivity contribution in [2.24, 2.45) is 0 Å². The number of hydrogen-bond acceptors (Lipinski definition) is 3. The fourth-order valence-electron chi connectivity index (χ4n) is 4.03. The van der Waals surface area contributed by atoms with Crippen molar-refractivity contribution < 1.29 is 0 Å². The molecule has 0 aliphatic rings. The third-order valence-corrected chi connectivity index (χ3v) is 6.45. The average Bonchev–Trinajstić information content (AvgIpc) is 3.26. The molecule has 0 saturated carbocycles. The maximum Gasteiger partial charge on any atom is 0.333 e. The number of benzene rings is 3. The second-order valence-electron chi connectivity index (χ2n) is 7.98. The van der Waals surface area contributed by atoms with Crippen LogP contribution in [-0.4, -0.2) is 18.7 Å². The molecule has 170 valence electrons. The summed E-state index contributed by atoms with van der Waals surface area (Å²) >= 11 is 12.7. The molecule has 0 fully saturated rings. The van der Waals surface area contributed by atoms with Crippen LogP contribution >= 0.6 is 23.2 Å². The minimum Gasteiger partial charge on any atom is -0.320 e. The Morgan fingerprint density at radius 3 is 1.88 bits per heavy atom. The van der Waals surface area contributed by atoms with Crippen LogP contribution in [0.5, 0.6) is 0 Å². The Hall–Kier alpha value is -3.61. The molecule has 0 radical (unpaired) electrons. The first kappa shape index (κ1) is 22.2. The van der Waals surface area contributed by atoms with Crippen LogP contribution in [0.4, 0.5) is 0 Å². The van der Waals surface area contributed by atoms with Gasteiger partial charge in [0.25, 0.3) is 5.56 Å². The molecule has 0 atom stereocenters. The summed E-state index contributed by atoms with van der Waals surface area (Å²) in [6.07, 6.45) is 1.60. The summed E-state index contributed by atoms with van der Waals surface area (Å²) in [7, 11) is 0. The summed E-state index contributed by atoms with van der Waals surface area (Å²) < 4.78 is 4.48. The Bertz CT molecular complexity index is 1570. The molecule has 0 aliphatic heterocycles. The van der Waals surface area contributed by atoms with Crippen molar-refractivity contribution in [3.63, 3.8) is 0 Å². The molecular weight excluding hydrogens is 471 g/mol. The van der Waals surface area contributed by atoms with Gasteiger partial charge in [-0.15, -0.1) is 0 Å². The molecule has 0 N–H and O–H groups in total. The van der Waals surface area contributed by atoms with Crippen molar-refractivity contribution in [2.45, 2.75) is 19.6 Å². The first-order valence-electron chi connectivity index (χ1n) is 10.7. The topological polar surface area (TPSA) is 61.8 Å². The molecule has 34 heavy (non-hydrogen) atoms. The van der Waals surface area contributed by atoms with E-state index >= 15 is 0 Å². The lowest BCUT2D eigenvalue weighted by Gasteiger charge is -2.14. The number of rotatable bonds is 6. The molecule has 0 spiro atoms. The van der Waals surface area contributed by atoms with Gasteiger partial charge in [-0.25, -0.2) is 9.78 Å². The summed E-state index contributed by atoms with van der Waals surface area (Å²) in [6, 6.07) is 24.5. The molecular formula is C26H20Cl2N4O2. The van der Waals surface area contributed by atoms with E-state index in [-0.39, 0.29) is 13.1 Å². The average molecular weight is 491 g/mol. The van der Waals surface area contributed by atoms with Gasteiger partial charge in [0.05, 0.1) is 19.4 Å². The molecule has 0 amide bonds. The van der Waals surface area contributed by atoms with Crippen molar-refractivity contribution in [1.82, 2.24) is 18.7 Å². The highest BCUT2D eigenvalue weighted by atomic mass is 35.5. The number of fused-ring (bicyclic) bond motifs is 1. The van der Waals surface area contributed by atoms with Crippen LogP contribution in [0.25, 0.3) is 11.2 Å². The monoisotopic (exact) mass is 490 g/mol. The summed E-state index contributed by atoms with van der Waals surface area (Å²) in [6.45, 7) is 0.676. The number of imidazole rings is 1. The molecule has 0 bridgehead atoms. The Morgan fingerprint density at radius 2 is 1.26 bits per heavy atom. The first-order valence-corrected chi connectivity index (χ1v) is 11.5. The summed E-state index contributed by atoms with van der Waals surface area (Å²) in [5.41, 5.74) is 2.24. The van der Waals surface area contributed by atoms with Crippen LogP contribution in [0.3, 0.4) is 0 Å². The molecule has 2 heterocycles. The Labute approximate surface area is 205 Å². The summed E-state index contributed by atoms with van der Waals surface area (Å²) in [4.78, 5) is 31.7. The van der Waals surface area contributed by atoms with Gasteiger partial charge >= 0.3 is 5.69 Å². The third-order valence-electron chi connectivity index (χ3n) is 5.74. The molecule has 5 rings (SSSR count). The molecule has 6 nitrogen and oxygen atoms in total. The highest BCUT2D eigenvalue weighted by Crippen LogP contribution is 2.24. The van der Waals surface area contributed by atoms with Gasteiger partial charge in [-0.3, -0.25) is 13.9 Å². The SMILES string of the molecule is O=c1c2c(ncn2Cc2ccccc2)n(Cc2ccccc2)c(=O)n1Cc1c(Cl)cccc1Cl. The van der Waals surface area contributed by atoms with Crippen molar-refractivity contribution in [1.29, 1.82) is 0 Å². The van der Waals surface area contributed by atoms with Gasteiger partial charge in [-0.05, 0) is 23.3 Å². The summed E-state index contributed by atoms with van der Waals surface area (Å²) in [5, 5.41) is 0.789. The number of halogens is 2. The standard InChI is InChI=1S/C26H20Cl2N4O2/c27-21-12-7-13-22(28)20(21)16-32-25(33)23-24(29-17-30(23)14-18-8-3-1-4-9-18)31(26(32)34)15-19-10-5-2-6-11-19/h1-13,17H,14-16H2. The fraction of sp³-hybridized carbons (Fsp3) is 0.115. The molecule has 8 heteroatoms. The van der Waals surface area contributed by atoms with Crippen LogP contribution in [-0.2, 0) is 19.6 Å². The van der Waals surface area contributed by atoms with Crippen LogP contribution in [0, 0.1) is 0 Å². The minimum atomic E-state index is -0.470. The first-order chi connectivity index (χ1) is 16.5. The van der Waals surface area contributed by atoms with Crippen LogP contribution < -0.4 is 11.2 Å². The lowest BCUT2D eigenvalue weighted by molar-refractivity contribution is 0.628. The van der Waals surface area contributed by atoms with Crippen molar-refractivity contribution in [3.8, 4) is 0 Å². The zero-order valence-corrected chi connectivity index (χ0v) is 19.6. The normalized spacial score (nSPS) is 11.2. The molecule has 0 aliphatic carbocycles. The van der Waals surface area contributed by atoms with E-state index in [1.54, 1.807) is 29.1 Å². The quantitative estimate of drug-likeness (QED) is 0.343. The van der Waals surface area contributed by atoms with E-state index in [9.17, 15) is 9.59 Å². The van der Waals surface area contributed by atoms with Crippen molar-refractivity contribution in [2.75, 3.05) is 0 Å². The predicted molar refractivity (Wildman–Crippen MR) is 135 cm³/mol. The van der Waals surface area contributed by atoms with Gasteiger partial charge in [0.1, 0.15) is 0 Å². The molecule has 2 aromatic heterocycles. The largest absolute Gasteiger partial charge is 0.333 e. The van der Waals surface area contributed by atoms with Gasteiger partial charge in [0.2, 0.25) is 0 Å². The van der Waals surface area contributed by atoms with Crippen LogP contribution in [0.2, 0.25) is 10.0 Å². The molecule has 5 aromatic rings.